The molecule has 0 spiro atoms. The third-order valence-electron chi connectivity index (χ3n) is 3.63. The SMILES string of the molecule is Cc1nn(C)c(C)c1CCNC(=O)Cc1ccc(Cl)cc1. The van der Waals surface area contributed by atoms with Crippen molar-refractivity contribution in [1.82, 2.24) is 15.1 Å². The van der Waals surface area contributed by atoms with Gasteiger partial charge in [-0.05, 0) is 43.5 Å². The number of carbonyl (C=O) groups is 1. The molecule has 1 aromatic heterocycles. The highest BCUT2D eigenvalue weighted by Gasteiger charge is 2.09. The highest BCUT2D eigenvalue weighted by Crippen LogP contribution is 2.12. The number of aryl methyl sites for hydroxylation is 2. The molecule has 1 aromatic carbocycles. The van der Waals surface area contributed by atoms with E-state index in [9.17, 15) is 4.79 Å². The summed E-state index contributed by atoms with van der Waals surface area (Å²) in [5.41, 5.74) is 4.36. The monoisotopic (exact) mass is 305 g/mol. The van der Waals surface area contributed by atoms with Crippen molar-refractivity contribution in [1.29, 1.82) is 0 Å². The van der Waals surface area contributed by atoms with Gasteiger partial charge in [-0.25, -0.2) is 0 Å². The zero-order valence-electron chi connectivity index (χ0n) is 12.6. The van der Waals surface area contributed by atoms with Gasteiger partial charge in [-0.2, -0.15) is 5.10 Å². The van der Waals surface area contributed by atoms with Crippen molar-refractivity contribution in [2.75, 3.05) is 6.54 Å². The summed E-state index contributed by atoms with van der Waals surface area (Å²) < 4.78 is 1.88. The van der Waals surface area contributed by atoms with E-state index in [4.69, 9.17) is 11.6 Å². The van der Waals surface area contributed by atoms with Gasteiger partial charge in [0.2, 0.25) is 5.91 Å². The van der Waals surface area contributed by atoms with E-state index in [0.717, 1.165) is 23.4 Å². The van der Waals surface area contributed by atoms with E-state index in [-0.39, 0.29) is 5.91 Å². The van der Waals surface area contributed by atoms with Gasteiger partial charge in [-0.3, -0.25) is 9.48 Å². The van der Waals surface area contributed by atoms with Crippen molar-refractivity contribution in [2.24, 2.45) is 7.05 Å². The van der Waals surface area contributed by atoms with Gasteiger partial charge in [0.05, 0.1) is 12.1 Å². The van der Waals surface area contributed by atoms with Crippen LogP contribution in [0.25, 0.3) is 0 Å². The first-order chi connectivity index (χ1) is 9.97. The summed E-state index contributed by atoms with van der Waals surface area (Å²) in [6, 6.07) is 7.34. The molecule has 0 aliphatic rings. The summed E-state index contributed by atoms with van der Waals surface area (Å²) in [4.78, 5) is 11.9. The molecule has 5 heteroatoms. The van der Waals surface area contributed by atoms with Crippen LogP contribution in [-0.4, -0.2) is 22.2 Å². The van der Waals surface area contributed by atoms with Gasteiger partial charge < -0.3 is 5.32 Å². The van der Waals surface area contributed by atoms with Crippen LogP contribution in [0.1, 0.15) is 22.5 Å². The second-order valence-corrected chi connectivity index (χ2v) is 5.61. The molecule has 0 saturated heterocycles. The summed E-state index contributed by atoms with van der Waals surface area (Å²) in [7, 11) is 1.94. The molecule has 2 rings (SSSR count). The summed E-state index contributed by atoms with van der Waals surface area (Å²) >= 11 is 5.82. The number of halogens is 1. The fraction of sp³-hybridized carbons (Fsp3) is 0.375. The van der Waals surface area contributed by atoms with Gasteiger partial charge in [0.15, 0.2) is 0 Å². The Bertz CT molecular complexity index is 632. The number of nitrogens with one attached hydrogen (secondary N) is 1. The smallest absolute Gasteiger partial charge is 0.224 e. The molecular formula is C16H20ClN3O. The number of nitrogens with zero attached hydrogens (tertiary/aromatic N) is 2. The van der Waals surface area contributed by atoms with E-state index in [1.807, 2.05) is 37.7 Å². The van der Waals surface area contributed by atoms with E-state index >= 15 is 0 Å². The molecular weight excluding hydrogens is 286 g/mol. The molecule has 4 nitrogen and oxygen atoms in total. The van der Waals surface area contributed by atoms with Crippen LogP contribution in [0.3, 0.4) is 0 Å². The molecule has 0 fully saturated rings. The highest BCUT2D eigenvalue weighted by molar-refractivity contribution is 6.30. The van der Waals surface area contributed by atoms with Gasteiger partial charge in [-0.1, -0.05) is 23.7 Å². The van der Waals surface area contributed by atoms with E-state index in [1.54, 1.807) is 12.1 Å². The molecule has 1 N–H and O–H groups in total. The molecule has 0 unspecified atom stereocenters. The molecule has 0 aliphatic carbocycles. The van der Waals surface area contributed by atoms with Gasteiger partial charge in [-0.15, -0.1) is 0 Å². The maximum Gasteiger partial charge on any atom is 0.224 e. The zero-order chi connectivity index (χ0) is 15.4. The molecule has 112 valence electrons. The Kier molecular flexibility index (Phi) is 5.02. The van der Waals surface area contributed by atoms with Crippen LogP contribution in [0.2, 0.25) is 5.02 Å². The topological polar surface area (TPSA) is 46.9 Å². The lowest BCUT2D eigenvalue weighted by Crippen LogP contribution is -2.27. The van der Waals surface area contributed by atoms with Crippen LogP contribution in [0.5, 0.6) is 0 Å². The van der Waals surface area contributed by atoms with Crippen LogP contribution >= 0.6 is 11.6 Å². The van der Waals surface area contributed by atoms with Crippen molar-refractivity contribution in [3.05, 3.63) is 51.8 Å². The fourth-order valence-electron chi connectivity index (χ4n) is 2.36. The van der Waals surface area contributed by atoms with Crippen molar-refractivity contribution in [3.63, 3.8) is 0 Å². The summed E-state index contributed by atoms with van der Waals surface area (Å²) in [5.74, 6) is 0.0246. The van der Waals surface area contributed by atoms with Crippen LogP contribution in [0.4, 0.5) is 0 Å². The predicted octanol–water partition coefficient (Wildman–Crippen LogP) is 2.59. The predicted molar refractivity (Wildman–Crippen MR) is 84.6 cm³/mol. The molecule has 0 saturated carbocycles. The lowest BCUT2D eigenvalue weighted by molar-refractivity contribution is -0.120. The molecule has 21 heavy (non-hydrogen) atoms. The second-order valence-electron chi connectivity index (χ2n) is 5.18. The maximum absolute atomic E-state index is 11.9. The Morgan fingerprint density at radius 2 is 1.95 bits per heavy atom. The molecule has 1 heterocycles. The number of benzene rings is 1. The van der Waals surface area contributed by atoms with Crippen LogP contribution in [0, 0.1) is 13.8 Å². The average molecular weight is 306 g/mol. The minimum Gasteiger partial charge on any atom is -0.355 e. The number of hydrogen-bond donors (Lipinski definition) is 1. The van der Waals surface area contributed by atoms with Crippen molar-refractivity contribution < 1.29 is 4.79 Å². The molecule has 2 aromatic rings. The minimum atomic E-state index is 0.0246. The number of carbonyl (C=O) groups excluding carboxylic acids is 1. The second kappa shape index (κ2) is 6.76. The summed E-state index contributed by atoms with van der Waals surface area (Å²) in [6.45, 7) is 4.67. The largest absolute Gasteiger partial charge is 0.355 e. The third-order valence-corrected chi connectivity index (χ3v) is 3.89. The first-order valence-corrected chi connectivity index (χ1v) is 7.35. The van der Waals surface area contributed by atoms with Crippen LogP contribution in [0.15, 0.2) is 24.3 Å². The van der Waals surface area contributed by atoms with Crippen LogP contribution < -0.4 is 5.32 Å². The zero-order valence-corrected chi connectivity index (χ0v) is 13.4. The van der Waals surface area contributed by atoms with E-state index < -0.39 is 0 Å². The van der Waals surface area contributed by atoms with E-state index in [0.29, 0.717) is 18.0 Å². The first-order valence-electron chi connectivity index (χ1n) is 6.97. The van der Waals surface area contributed by atoms with E-state index in [1.165, 1.54) is 5.56 Å². The van der Waals surface area contributed by atoms with Gasteiger partial charge >= 0.3 is 0 Å². The molecule has 0 bridgehead atoms. The van der Waals surface area contributed by atoms with Crippen molar-refractivity contribution >= 4 is 17.5 Å². The van der Waals surface area contributed by atoms with Crippen molar-refractivity contribution in [3.8, 4) is 0 Å². The number of hydrogen-bond acceptors (Lipinski definition) is 2. The Labute approximate surface area is 130 Å². The van der Waals surface area contributed by atoms with Crippen molar-refractivity contribution in [2.45, 2.75) is 26.7 Å². The van der Waals surface area contributed by atoms with E-state index in [2.05, 4.69) is 10.4 Å². The standard InChI is InChI=1S/C16H20ClN3O/c1-11-15(12(2)20(3)19-11)8-9-18-16(21)10-13-4-6-14(17)7-5-13/h4-7H,8-10H2,1-3H3,(H,18,21). The summed E-state index contributed by atoms with van der Waals surface area (Å²) in [5, 5.41) is 8.01. The molecule has 0 radical (unpaired) electrons. The molecule has 0 atom stereocenters. The fourth-order valence-corrected chi connectivity index (χ4v) is 2.48. The Balaban J connectivity index is 1.83. The molecule has 1 amide bonds. The van der Waals surface area contributed by atoms with Gasteiger partial charge in [0, 0.05) is 24.3 Å². The first kappa shape index (κ1) is 15.6. The maximum atomic E-state index is 11.9. The van der Waals surface area contributed by atoms with Crippen LogP contribution in [-0.2, 0) is 24.7 Å². The number of amides is 1. The highest BCUT2D eigenvalue weighted by atomic mass is 35.5. The quantitative estimate of drug-likeness (QED) is 0.923. The Hall–Kier alpha value is -1.81. The Morgan fingerprint density at radius 1 is 1.29 bits per heavy atom. The molecule has 0 aliphatic heterocycles. The summed E-state index contributed by atoms with van der Waals surface area (Å²) in [6.07, 6.45) is 1.18. The Morgan fingerprint density at radius 3 is 2.52 bits per heavy atom. The number of aromatic nitrogens is 2. The normalized spacial score (nSPS) is 10.7. The minimum absolute atomic E-state index is 0.0246. The lowest BCUT2D eigenvalue weighted by Gasteiger charge is -2.06. The number of rotatable bonds is 5. The average Bonchev–Trinajstić information content (AvgIpc) is 2.68. The van der Waals surface area contributed by atoms with Gasteiger partial charge in [0.25, 0.3) is 0 Å². The van der Waals surface area contributed by atoms with Gasteiger partial charge in [0.1, 0.15) is 0 Å². The lowest BCUT2D eigenvalue weighted by atomic mass is 10.1. The third kappa shape index (κ3) is 4.08.